The zero-order valence-corrected chi connectivity index (χ0v) is 12.3. The van der Waals surface area contributed by atoms with Crippen LogP contribution in [0.25, 0.3) is 0 Å². The number of carbonyl (C=O) groups excluding carboxylic acids is 1. The van der Waals surface area contributed by atoms with Crippen LogP contribution in [-0.4, -0.2) is 49.7 Å². The van der Waals surface area contributed by atoms with Crippen molar-refractivity contribution in [1.29, 1.82) is 0 Å². The average Bonchev–Trinajstić information content (AvgIpc) is 2.98. The molecule has 20 heavy (non-hydrogen) atoms. The van der Waals surface area contributed by atoms with E-state index in [1.807, 2.05) is 0 Å². The fourth-order valence-corrected chi connectivity index (χ4v) is 2.55. The molecule has 112 valence electrons. The Hall–Kier alpha value is -1.33. The lowest BCUT2D eigenvalue weighted by molar-refractivity contribution is 0.0124. The van der Waals surface area contributed by atoms with E-state index in [2.05, 4.69) is 24.1 Å². The molecular formula is C15H24N2O3. The number of rotatable bonds is 6. The number of hydrogen-bond donors (Lipinski definition) is 1. The molecule has 1 aromatic rings. The van der Waals surface area contributed by atoms with Gasteiger partial charge in [0.05, 0.1) is 19.5 Å². The third-order valence-corrected chi connectivity index (χ3v) is 3.55. The highest BCUT2D eigenvalue weighted by atomic mass is 16.5. The van der Waals surface area contributed by atoms with Crippen LogP contribution in [0.2, 0.25) is 0 Å². The van der Waals surface area contributed by atoms with Crippen LogP contribution in [0.1, 0.15) is 30.8 Å². The predicted octanol–water partition coefficient (Wildman–Crippen LogP) is 1.76. The molecule has 1 fully saturated rings. The zero-order valence-electron chi connectivity index (χ0n) is 12.3. The molecule has 1 amide bonds. The van der Waals surface area contributed by atoms with E-state index in [4.69, 9.17) is 9.15 Å². The van der Waals surface area contributed by atoms with Gasteiger partial charge in [0.2, 0.25) is 0 Å². The van der Waals surface area contributed by atoms with E-state index in [0.717, 1.165) is 32.7 Å². The Balaban J connectivity index is 1.88. The van der Waals surface area contributed by atoms with Crippen molar-refractivity contribution < 1.29 is 13.9 Å². The Kier molecular flexibility index (Phi) is 5.61. The lowest BCUT2D eigenvalue weighted by atomic mass is 10.0. The van der Waals surface area contributed by atoms with Crippen LogP contribution in [0.3, 0.4) is 0 Å². The van der Waals surface area contributed by atoms with Crippen LogP contribution in [0, 0.1) is 5.92 Å². The summed E-state index contributed by atoms with van der Waals surface area (Å²) in [6.45, 7) is 8.50. The first-order chi connectivity index (χ1) is 9.66. The third kappa shape index (κ3) is 4.35. The highest BCUT2D eigenvalue weighted by Gasteiger charge is 2.22. The van der Waals surface area contributed by atoms with Gasteiger partial charge in [0, 0.05) is 25.7 Å². The lowest BCUT2D eigenvalue weighted by Crippen LogP contribution is -2.49. The number of amides is 1. The number of carbonyl (C=O) groups is 1. The smallest absolute Gasteiger partial charge is 0.287 e. The van der Waals surface area contributed by atoms with Crippen molar-refractivity contribution >= 4 is 5.91 Å². The summed E-state index contributed by atoms with van der Waals surface area (Å²) in [6.07, 6.45) is 2.58. The summed E-state index contributed by atoms with van der Waals surface area (Å²) >= 11 is 0. The normalized spacial score (nSPS) is 18.1. The summed E-state index contributed by atoms with van der Waals surface area (Å²) in [6, 6.07) is 3.77. The summed E-state index contributed by atoms with van der Waals surface area (Å²) in [5.74, 6) is 0.829. The molecule has 1 aliphatic rings. The molecule has 2 rings (SSSR count). The van der Waals surface area contributed by atoms with Gasteiger partial charge >= 0.3 is 0 Å². The van der Waals surface area contributed by atoms with E-state index in [0.29, 0.717) is 24.3 Å². The predicted molar refractivity (Wildman–Crippen MR) is 76.7 cm³/mol. The van der Waals surface area contributed by atoms with Crippen LogP contribution in [0.4, 0.5) is 0 Å². The summed E-state index contributed by atoms with van der Waals surface area (Å²) < 4.78 is 10.5. The first-order valence-corrected chi connectivity index (χ1v) is 7.30. The molecule has 1 saturated heterocycles. The molecule has 1 aliphatic heterocycles. The molecular weight excluding hydrogens is 256 g/mol. The van der Waals surface area contributed by atoms with E-state index in [1.165, 1.54) is 6.26 Å². The van der Waals surface area contributed by atoms with E-state index in [-0.39, 0.29) is 5.91 Å². The maximum atomic E-state index is 11.9. The first-order valence-electron chi connectivity index (χ1n) is 7.30. The number of furan rings is 1. The van der Waals surface area contributed by atoms with Gasteiger partial charge in [-0.3, -0.25) is 9.69 Å². The Morgan fingerprint density at radius 3 is 2.75 bits per heavy atom. The van der Waals surface area contributed by atoms with Crippen molar-refractivity contribution in [3.63, 3.8) is 0 Å². The number of morpholine rings is 1. The van der Waals surface area contributed by atoms with Crippen molar-refractivity contribution in [3.8, 4) is 0 Å². The van der Waals surface area contributed by atoms with Crippen LogP contribution in [0.15, 0.2) is 22.8 Å². The third-order valence-electron chi connectivity index (χ3n) is 3.55. The zero-order chi connectivity index (χ0) is 14.4. The molecule has 5 nitrogen and oxygen atoms in total. The molecule has 5 heteroatoms. The summed E-state index contributed by atoms with van der Waals surface area (Å²) in [5, 5.41) is 2.97. The van der Waals surface area contributed by atoms with Crippen molar-refractivity contribution in [2.75, 3.05) is 32.8 Å². The topological polar surface area (TPSA) is 54.7 Å². The van der Waals surface area contributed by atoms with E-state index in [9.17, 15) is 4.79 Å². The molecule has 0 bridgehead atoms. The van der Waals surface area contributed by atoms with Crippen molar-refractivity contribution in [1.82, 2.24) is 10.2 Å². The van der Waals surface area contributed by atoms with Gasteiger partial charge in [-0.2, -0.15) is 0 Å². The minimum Gasteiger partial charge on any atom is -0.459 e. The van der Waals surface area contributed by atoms with Gasteiger partial charge in [0.1, 0.15) is 0 Å². The molecule has 0 spiro atoms. The first kappa shape index (κ1) is 15.1. The van der Waals surface area contributed by atoms with Gasteiger partial charge in [0.15, 0.2) is 5.76 Å². The second-order valence-corrected chi connectivity index (χ2v) is 5.62. The monoisotopic (exact) mass is 280 g/mol. The molecule has 0 aromatic carbocycles. The fourth-order valence-electron chi connectivity index (χ4n) is 2.55. The SMILES string of the molecule is CC(C)CC(CNC(=O)c1ccco1)N1CCOCC1. The Labute approximate surface area is 120 Å². The quantitative estimate of drug-likeness (QED) is 0.862. The second kappa shape index (κ2) is 7.45. The van der Waals surface area contributed by atoms with Gasteiger partial charge < -0.3 is 14.5 Å². The van der Waals surface area contributed by atoms with Crippen molar-refractivity contribution in [2.24, 2.45) is 5.92 Å². The summed E-state index contributed by atoms with van der Waals surface area (Å²) in [5.41, 5.74) is 0. The minimum absolute atomic E-state index is 0.142. The highest BCUT2D eigenvalue weighted by molar-refractivity contribution is 5.91. The molecule has 1 atom stereocenters. The van der Waals surface area contributed by atoms with Gasteiger partial charge in [0.25, 0.3) is 5.91 Å². The van der Waals surface area contributed by atoms with Gasteiger partial charge in [-0.25, -0.2) is 0 Å². The number of hydrogen-bond acceptors (Lipinski definition) is 4. The van der Waals surface area contributed by atoms with E-state index in [1.54, 1.807) is 12.1 Å². The standard InChI is InChI=1S/C15H24N2O3/c1-12(2)10-13(17-5-8-19-9-6-17)11-16-15(18)14-4-3-7-20-14/h3-4,7,12-13H,5-6,8-11H2,1-2H3,(H,16,18). The fraction of sp³-hybridized carbons (Fsp3) is 0.667. The maximum absolute atomic E-state index is 11.9. The van der Waals surface area contributed by atoms with Crippen LogP contribution in [0.5, 0.6) is 0 Å². The van der Waals surface area contributed by atoms with Gasteiger partial charge in [-0.05, 0) is 24.5 Å². The molecule has 0 aliphatic carbocycles. The molecule has 0 radical (unpaired) electrons. The summed E-state index contributed by atoms with van der Waals surface area (Å²) in [4.78, 5) is 14.3. The van der Waals surface area contributed by atoms with E-state index >= 15 is 0 Å². The number of ether oxygens (including phenoxy) is 1. The Bertz CT molecular complexity index is 397. The van der Waals surface area contributed by atoms with Crippen LogP contribution < -0.4 is 5.32 Å². The lowest BCUT2D eigenvalue weighted by Gasteiger charge is -2.35. The van der Waals surface area contributed by atoms with Gasteiger partial charge in [-0.1, -0.05) is 13.8 Å². The molecule has 2 heterocycles. The molecule has 1 aromatic heterocycles. The van der Waals surface area contributed by atoms with E-state index < -0.39 is 0 Å². The number of nitrogens with zero attached hydrogens (tertiary/aromatic N) is 1. The molecule has 1 unspecified atom stereocenters. The van der Waals surface area contributed by atoms with Gasteiger partial charge in [-0.15, -0.1) is 0 Å². The Morgan fingerprint density at radius 2 is 2.15 bits per heavy atom. The Morgan fingerprint density at radius 1 is 1.40 bits per heavy atom. The minimum atomic E-state index is -0.142. The molecule has 0 saturated carbocycles. The highest BCUT2D eigenvalue weighted by Crippen LogP contribution is 2.13. The van der Waals surface area contributed by atoms with Crippen LogP contribution in [-0.2, 0) is 4.74 Å². The van der Waals surface area contributed by atoms with Crippen molar-refractivity contribution in [3.05, 3.63) is 24.2 Å². The molecule has 1 N–H and O–H groups in total. The van der Waals surface area contributed by atoms with Crippen LogP contribution >= 0.6 is 0 Å². The largest absolute Gasteiger partial charge is 0.459 e. The summed E-state index contributed by atoms with van der Waals surface area (Å²) in [7, 11) is 0. The maximum Gasteiger partial charge on any atom is 0.287 e. The second-order valence-electron chi connectivity index (χ2n) is 5.62. The van der Waals surface area contributed by atoms with Crippen molar-refractivity contribution in [2.45, 2.75) is 26.3 Å². The number of nitrogens with one attached hydrogen (secondary N) is 1. The average molecular weight is 280 g/mol.